The van der Waals surface area contributed by atoms with E-state index in [-0.39, 0.29) is 34.7 Å². The molecule has 1 aromatic carbocycles. The van der Waals surface area contributed by atoms with Gasteiger partial charge in [0.25, 0.3) is 15.6 Å². The van der Waals surface area contributed by atoms with Crippen LogP contribution >= 0.6 is 0 Å². The molecule has 2 aromatic heterocycles. The number of sulfonamides is 1. The number of hydrogen-bond acceptors (Lipinski definition) is 9. The zero-order chi connectivity index (χ0) is 29.6. The molecule has 1 N–H and O–H groups in total. The molecule has 14 heteroatoms. The lowest BCUT2D eigenvalue weighted by atomic mass is 9.93. The van der Waals surface area contributed by atoms with Gasteiger partial charge in [0.15, 0.2) is 5.75 Å². The quantitative estimate of drug-likeness (QED) is 0.252. The highest BCUT2D eigenvalue weighted by molar-refractivity contribution is 7.92. The molecule has 218 valence electrons. The van der Waals surface area contributed by atoms with Crippen LogP contribution in [0, 0.1) is 0 Å². The van der Waals surface area contributed by atoms with Crippen molar-refractivity contribution in [2.45, 2.75) is 59.3 Å². The second-order valence-electron chi connectivity index (χ2n) is 9.60. The van der Waals surface area contributed by atoms with Crippen molar-refractivity contribution >= 4 is 33.0 Å². The van der Waals surface area contributed by atoms with Crippen molar-refractivity contribution in [1.82, 2.24) is 19.0 Å². The molecule has 3 aromatic rings. The van der Waals surface area contributed by atoms with Gasteiger partial charge in [0.1, 0.15) is 0 Å². The molecule has 0 radical (unpaired) electrons. The van der Waals surface area contributed by atoms with Crippen molar-refractivity contribution in [1.29, 1.82) is 0 Å². The highest BCUT2D eigenvalue weighted by Gasteiger charge is 2.26. The van der Waals surface area contributed by atoms with Gasteiger partial charge in [-0.3, -0.25) is 14.3 Å². The van der Waals surface area contributed by atoms with Crippen molar-refractivity contribution in [2.24, 2.45) is 7.05 Å². The molecule has 0 amide bonds. The normalized spacial score (nSPS) is 11.7. The van der Waals surface area contributed by atoms with Crippen LogP contribution in [0.15, 0.2) is 34.0 Å². The monoisotopic (exact) mass is 577 g/mol. The minimum Gasteiger partial charge on any atom is -0.465 e. The Kier molecular flexibility index (Phi) is 9.90. The minimum absolute atomic E-state index is 0.0157. The summed E-state index contributed by atoms with van der Waals surface area (Å²) >= 11 is 0. The van der Waals surface area contributed by atoms with Gasteiger partial charge in [-0.1, -0.05) is 40.5 Å². The van der Waals surface area contributed by atoms with Gasteiger partial charge in [-0.05, 0) is 42.5 Å². The first-order valence-corrected chi connectivity index (χ1v) is 14.7. The molecule has 0 saturated carbocycles. The molecule has 40 heavy (non-hydrogen) atoms. The molecule has 0 aliphatic rings. The van der Waals surface area contributed by atoms with Crippen LogP contribution in [0.3, 0.4) is 0 Å². The van der Waals surface area contributed by atoms with E-state index in [2.05, 4.69) is 5.10 Å². The van der Waals surface area contributed by atoms with Gasteiger partial charge in [0.05, 0.1) is 29.8 Å². The Morgan fingerprint density at radius 3 is 2.27 bits per heavy atom. The largest absolute Gasteiger partial charge is 0.465 e. The van der Waals surface area contributed by atoms with E-state index in [9.17, 15) is 27.6 Å². The molecule has 2 heterocycles. The van der Waals surface area contributed by atoms with Crippen LogP contribution in [-0.2, 0) is 31.3 Å². The number of esters is 1. The number of nitrogens with one attached hydrogen (secondary N) is 1. The van der Waals surface area contributed by atoms with Crippen LogP contribution < -0.4 is 16.1 Å². The minimum atomic E-state index is -4.57. The summed E-state index contributed by atoms with van der Waals surface area (Å²) in [7, 11) is -2.85. The molecule has 0 atom stereocenters. The van der Waals surface area contributed by atoms with Gasteiger partial charge in [-0.25, -0.2) is 22.8 Å². The molecule has 0 aliphatic carbocycles. The lowest BCUT2D eigenvalue weighted by molar-refractivity contribution is -0.140. The standard InChI is InChI=1S/C26H35N5O8S/c1-6-8-12-38-23(32)16-40(36,37)28-31-24(33)20-14-19(21-10-11-27-29(21)5)18(17(3)4)15-22(20)30(25(31)34)26(35)39-13-9-7-2/h10-11,14-15,17,28H,6-9,12-13,16H2,1-5H3. The summed E-state index contributed by atoms with van der Waals surface area (Å²) in [6.45, 7) is 7.65. The van der Waals surface area contributed by atoms with Gasteiger partial charge >= 0.3 is 17.8 Å². The molecule has 0 spiro atoms. The number of benzene rings is 1. The van der Waals surface area contributed by atoms with Crippen molar-refractivity contribution in [2.75, 3.05) is 23.8 Å². The molecule has 13 nitrogen and oxygen atoms in total. The number of carbonyl (C=O) groups is 2. The number of fused-ring (bicyclic) bond motifs is 1. The predicted octanol–water partition coefficient (Wildman–Crippen LogP) is 2.69. The Morgan fingerprint density at radius 1 is 1.05 bits per heavy atom. The van der Waals surface area contributed by atoms with E-state index in [1.54, 1.807) is 30.1 Å². The van der Waals surface area contributed by atoms with Crippen LogP contribution in [0.1, 0.15) is 64.9 Å². The van der Waals surface area contributed by atoms with Gasteiger partial charge in [-0.2, -0.15) is 14.3 Å². The van der Waals surface area contributed by atoms with Crippen LogP contribution in [0.5, 0.6) is 0 Å². The van der Waals surface area contributed by atoms with Gasteiger partial charge in [-0.15, -0.1) is 0 Å². The third kappa shape index (κ3) is 6.79. The highest BCUT2D eigenvalue weighted by atomic mass is 32.2. The first-order chi connectivity index (χ1) is 18.9. The molecule has 0 aliphatic heterocycles. The maximum atomic E-state index is 13.6. The van der Waals surface area contributed by atoms with E-state index in [1.807, 2.05) is 32.5 Å². The first kappa shape index (κ1) is 30.6. The van der Waals surface area contributed by atoms with Crippen molar-refractivity contribution in [3.8, 4) is 11.3 Å². The lowest BCUT2D eigenvalue weighted by Crippen LogP contribution is -2.49. The van der Waals surface area contributed by atoms with Gasteiger partial charge in [0, 0.05) is 18.8 Å². The zero-order valence-electron chi connectivity index (χ0n) is 23.3. The maximum absolute atomic E-state index is 13.6. The third-order valence-corrected chi connectivity index (χ3v) is 7.23. The summed E-state index contributed by atoms with van der Waals surface area (Å²) in [4.78, 5) is 54.1. The molecular formula is C26H35N5O8S. The van der Waals surface area contributed by atoms with E-state index >= 15 is 0 Å². The highest BCUT2D eigenvalue weighted by Crippen LogP contribution is 2.32. The first-order valence-electron chi connectivity index (χ1n) is 13.1. The fraction of sp³-hybridized carbons (Fsp3) is 0.500. The Bertz CT molecular complexity index is 1620. The van der Waals surface area contributed by atoms with Crippen LogP contribution in [0.2, 0.25) is 0 Å². The number of nitrogens with zero attached hydrogens (tertiary/aromatic N) is 4. The van der Waals surface area contributed by atoms with Crippen molar-refractivity contribution in [3.05, 3.63) is 50.8 Å². The molecule has 0 fully saturated rings. The molecule has 3 rings (SSSR count). The third-order valence-electron chi connectivity index (χ3n) is 6.15. The number of aromatic nitrogens is 4. The molecular weight excluding hydrogens is 542 g/mol. The Hall–Kier alpha value is -3.94. The average Bonchev–Trinajstić information content (AvgIpc) is 3.31. The Morgan fingerprint density at radius 2 is 1.70 bits per heavy atom. The summed E-state index contributed by atoms with van der Waals surface area (Å²) < 4.78 is 38.1. The fourth-order valence-corrected chi connectivity index (χ4v) is 4.93. The SMILES string of the molecule is CCCCOC(=O)CS(=O)(=O)Nn1c(=O)c2cc(-c3ccnn3C)c(C(C)C)cc2n(C(=O)OCCCC)c1=O. The molecule has 0 unspecified atom stereocenters. The summed E-state index contributed by atoms with van der Waals surface area (Å²) in [5.74, 6) is -2.27. The van der Waals surface area contributed by atoms with Crippen molar-refractivity contribution < 1.29 is 27.5 Å². The number of carbonyl (C=O) groups excluding carboxylic acids is 2. The van der Waals surface area contributed by atoms with E-state index in [4.69, 9.17) is 9.47 Å². The number of rotatable bonds is 12. The fourth-order valence-electron chi connectivity index (χ4n) is 4.03. The summed E-state index contributed by atoms with van der Waals surface area (Å²) in [5, 5.41) is 4.06. The maximum Gasteiger partial charge on any atom is 0.422 e. The summed E-state index contributed by atoms with van der Waals surface area (Å²) in [6.07, 6.45) is 3.05. The average molecular weight is 578 g/mol. The molecule has 0 bridgehead atoms. The topological polar surface area (TPSA) is 161 Å². The number of aryl methyl sites for hydroxylation is 1. The summed E-state index contributed by atoms with van der Waals surface area (Å²) in [5.41, 5.74) is -0.365. The van der Waals surface area contributed by atoms with E-state index < -0.39 is 39.1 Å². The zero-order valence-corrected chi connectivity index (χ0v) is 24.1. The Labute approximate surface area is 231 Å². The van der Waals surface area contributed by atoms with Crippen molar-refractivity contribution in [3.63, 3.8) is 0 Å². The smallest absolute Gasteiger partial charge is 0.422 e. The summed E-state index contributed by atoms with van der Waals surface area (Å²) in [6, 6.07) is 4.78. The van der Waals surface area contributed by atoms with E-state index in [1.165, 1.54) is 6.07 Å². The number of ether oxygens (including phenoxy) is 2. The van der Waals surface area contributed by atoms with Gasteiger partial charge < -0.3 is 9.47 Å². The Balaban J connectivity index is 2.24. The van der Waals surface area contributed by atoms with Crippen LogP contribution in [0.4, 0.5) is 4.79 Å². The van der Waals surface area contributed by atoms with Gasteiger partial charge in [0.2, 0.25) is 0 Å². The second-order valence-corrected chi connectivity index (χ2v) is 11.3. The number of hydrogen-bond donors (Lipinski definition) is 1. The van der Waals surface area contributed by atoms with Crippen LogP contribution in [0.25, 0.3) is 22.2 Å². The number of unbranched alkanes of at least 4 members (excludes halogenated alkanes) is 2. The van der Waals surface area contributed by atoms with E-state index in [0.29, 0.717) is 28.7 Å². The molecule has 0 saturated heterocycles. The lowest BCUT2D eigenvalue weighted by Gasteiger charge is -2.18. The second kappa shape index (κ2) is 12.9. The predicted molar refractivity (Wildman–Crippen MR) is 149 cm³/mol. The van der Waals surface area contributed by atoms with E-state index in [0.717, 1.165) is 18.4 Å². The van der Waals surface area contributed by atoms with Crippen LogP contribution in [-0.4, -0.2) is 58.5 Å².